The van der Waals surface area contributed by atoms with Crippen LogP contribution in [0.3, 0.4) is 0 Å². The molecule has 0 saturated carbocycles. The van der Waals surface area contributed by atoms with Crippen molar-refractivity contribution in [1.29, 1.82) is 0 Å². The van der Waals surface area contributed by atoms with Gasteiger partial charge in [0.05, 0.1) is 30.9 Å². The SMILES string of the molecule is C.C.C.Cc1c(F)c(C)c(CO)c(F)c1F.Cc1c(F)c(C)c(CO)c(F)c1F.Cc1c(F)c(C)c(CO)c(F)c1F.Cc1c(F)c(C)c(F)c(F)c1F.Cc1c(F)cc(F)cc1F.Cc1c(O)c(F)c(F)c(C)c1F.Cc1ccc(C(F)(F)F)cc1.Cc1cccc(C)c1.Cc1ccccc1C(F)(F)F. The third kappa shape index (κ3) is 27.0. The van der Waals surface area contributed by atoms with E-state index in [2.05, 4.69) is 38.1 Å². The van der Waals surface area contributed by atoms with Crippen molar-refractivity contribution in [3.8, 4) is 5.75 Å². The van der Waals surface area contributed by atoms with E-state index >= 15 is 0 Å². The van der Waals surface area contributed by atoms with Gasteiger partial charge in [0.15, 0.2) is 63.9 Å². The molecule has 0 aromatic heterocycles. The van der Waals surface area contributed by atoms with Gasteiger partial charge in [-0.1, -0.05) is 93.6 Å². The Morgan fingerprint density at radius 3 is 0.811 bits per heavy atom. The first-order valence-electron chi connectivity index (χ1n) is 29.6. The van der Waals surface area contributed by atoms with Crippen LogP contribution in [0.1, 0.15) is 134 Å². The number of hydrogen-bond acceptors (Lipinski definition) is 4. The van der Waals surface area contributed by atoms with Crippen molar-refractivity contribution in [1.82, 2.24) is 0 Å². The first-order chi connectivity index (χ1) is 47.3. The third-order valence-electron chi connectivity index (χ3n) is 14.9. The van der Waals surface area contributed by atoms with Crippen LogP contribution in [0.5, 0.6) is 5.75 Å². The number of phenolic OH excluding ortho intramolecular Hbond substituents is 1. The second-order valence-electron chi connectivity index (χ2n) is 22.4. The topological polar surface area (TPSA) is 80.9 Å². The van der Waals surface area contributed by atoms with Gasteiger partial charge in [-0.3, -0.25) is 0 Å². The summed E-state index contributed by atoms with van der Waals surface area (Å²) in [7, 11) is 0. The number of aliphatic hydroxyl groups is 3. The number of rotatable bonds is 3. The summed E-state index contributed by atoms with van der Waals surface area (Å²) < 4.78 is 314. The number of aliphatic hydroxyl groups excluding tert-OH is 3. The summed E-state index contributed by atoms with van der Waals surface area (Å²) in [4.78, 5) is 0. The highest BCUT2D eigenvalue weighted by Gasteiger charge is 2.32. The van der Waals surface area contributed by atoms with Crippen molar-refractivity contribution in [2.45, 2.75) is 158 Å². The minimum absolute atomic E-state index is 0. The summed E-state index contributed by atoms with van der Waals surface area (Å²) in [5.41, 5.74) is -1.35. The van der Waals surface area contributed by atoms with Crippen LogP contribution in [-0.4, -0.2) is 20.4 Å². The van der Waals surface area contributed by atoms with Crippen molar-refractivity contribution in [3.63, 3.8) is 0 Å². The first-order valence-corrected chi connectivity index (χ1v) is 29.6. The summed E-state index contributed by atoms with van der Waals surface area (Å²) >= 11 is 0. The monoisotopic (exact) mass is 1540 g/mol. The summed E-state index contributed by atoms with van der Waals surface area (Å²) in [6.45, 7) is 18.3. The van der Waals surface area contributed by atoms with Gasteiger partial charge in [-0.2, -0.15) is 30.7 Å². The molecule has 0 aliphatic carbocycles. The maximum atomic E-state index is 13.1. The minimum Gasteiger partial charge on any atom is -0.504 e. The van der Waals surface area contributed by atoms with Crippen LogP contribution in [0, 0.1) is 214 Å². The van der Waals surface area contributed by atoms with Gasteiger partial charge in [0.2, 0.25) is 5.82 Å². The number of alkyl halides is 6. The second-order valence-corrected chi connectivity index (χ2v) is 22.4. The van der Waals surface area contributed by atoms with E-state index in [4.69, 9.17) is 20.4 Å². The molecule has 4 nitrogen and oxygen atoms in total. The molecule has 0 unspecified atom stereocenters. The average Bonchev–Trinajstić information content (AvgIpc) is 0.823. The molecule has 4 N–H and O–H groups in total. The normalized spacial score (nSPS) is 10.3. The van der Waals surface area contributed by atoms with E-state index in [9.17, 15) is 110 Å². The van der Waals surface area contributed by atoms with E-state index < -0.39 is 176 Å². The maximum Gasteiger partial charge on any atom is 0.416 e. The van der Waals surface area contributed by atoms with Gasteiger partial charge in [0, 0.05) is 73.3 Å². The molecule has 29 heteroatoms. The Labute approximate surface area is 599 Å². The van der Waals surface area contributed by atoms with Crippen molar-refractivity contribution in [2.24, 2.45) is 0 Å². The predicted molar refractivity (Wildman–Crippen MR) is 358 cm³/mol. The van der Waals surface area contributed by atoms with E-state index in [1.807, 2.05) is 0 Å². The number of aryl methyl sites for hydroxylation is 4. The highest BCUT2D eigenvalue weighted by Crippen LogP contribution is 2.33. The molecule has 0 fully saturated rings. The maximum absolute atomic E-state index is 13.1. The lowest BCUT2D eigenvalue weighted by Crippen LogP contribution is -2.06. The van der Waals surface area contributed by atoms with Crippen LogP contribution in [-0.2, 0) is 32.2 Å². The zero-order chi connectivity index (χ0) is 80.1. The quantitative estimate of drug-likeness (QED) is 0.0807. The van der Waals surface area contributed by atoms with E-state index in [0.29, 0.717) is 12.1 Å². The first kappa shape index (κ1) is 101. The fourth-order valence-corrected chi connectivity index (χ4v) is 8.35. The van der Waals surface area contributed by atoms with Gasteiger partial charge in [-0.15, -0.1) is 0 Å². The van der Waals surface area contributed by atoms with Crippen molar-refractivity contribution in [2.75, 3.05) is 0 Å². The molecular formula is C77H81F25O4. The lowest BCUT2D eigenvalue weighted by molar-refractivity contribution is -0.138. The predicted octanol–water partition coefficient (Wildman–Crippen LogP) is 24.6. The largest absolute Gasteiger partial charge is 0.504 e. The van der Waals surface area contributed by atoms with Gasteiger partial charge in [-0.05, 0) is 144 Å². The fourth-order valence-electron chi connectivity index (χ4n) is 8.35. The minimum atomic E-state index is -4.22. The summed E-state index contributed by atoms with van der Waals surface area (Å²) in [6, 6.07) is 20.3. The summed E-state index contributed by atoms with van der Waals surface area (Å²) in [6.07, 6.45) is -8.43. The van der Waals surface area contributed by atoms with Crippen LogP contribution in [0.25, 0.3) is 0 Å². The molecule has 0 heterocycles. The van der Waals surface area contributed by atoms with Gasteiger partial charge < -0.3 is 20.4 Å². The smallest absolute Gasteiger partial charge is 0.416 e. The van der Waals surface area contributed by atoms with Crippen LogP contribution in [0.2, 0.25) is 0 Å². The molecule has 588 valence electrons. The number of halogens is 25. The molecule has 0 aliphatic heterocycles. The average molecular weight is 1550 g/mol. The number of phenols is 1. The molecule has 0 amide bonds. The van der Waals surface area contributed by atoms with Crippen LogP contribution in [0.4, 0.5) is 110 Å². The van der Waals surface area contributed by atoms with Crippen LogP contribution >= 0.6 is 0 Å². The zero-order valence-corrected chi connectivity index (χ0v) is 57.4. The van der Waals surface area contributed by atoms with Gasteiger partial charge in [0.25, 0.3) is 0 Å². The lowest BCUT2D eigenvalue weighted by Gasteiger charge is -2.09. The highest BCUT2D eigenvalue weighted by molar-refractivity contribution is 5.40. The standard InChI is InChI=1S/3C9H9F3O.C8H6F4.C8H7F3O.2C8H7F3.C8H10.C7H5F3.3CH4/c3*1-4-6(3-13)9(12)8(11)5(2)7(4)10;1-3-5(9)4(2)7(11)8(12)6(3)10;1-3-5(9)4(2)8(12)7(11)6(3)10;1-6-2-4-7(5-3-6)8(9,10)11;1-6-4-2-3-5-7(6)8(9,10)11;1-7-4-3-5-8(2)6-7;1-4-6(9)2-5(8)3-7(4)10;;;/h3*13H,3H2,1-2H3;1-2H3;12H,1-2H3;2*2-5H,1H3;3-6H,1-2H3;2-3H,1H3;3*1H4. The number of aromatic hydroxyl groups is 1. The Morgan fingerprint density at radius 1 is 0.264 bits per heavy atom. The Bertz CT molecular complexity index is 3810. The molecule has 9 aromatic rings. The molecular weight excluding hydrogens is 1460 g/mol. The van der Waals surface area contributed by atoms with Crippen LogP contribution in [0.15, 0.2) is 84.9 Å². The van der Waals surface area contributed by atoms with Crippen molar-refractivity contribution in [3.05, 3.63) is 307 Å². The third-order valence-corrected chi connectivity index (χ3v) is 14.9. The molecule has 0 aliphatic rings. The second kappa shape index (κ2) is 44.1. The van der Waals surface area contributed by atoms with E-state index in [1.54, 1.807) is 13.0 Å². The molecule has 0 spiro atoms. The van der Waals surface area contributed by atoms with Gasteiger partial charge in [0.1, 0.15) is 46.5 Å². The zero-order valence-electron chi connectivity index (χ0n) is 57.4. The molecule has 0 saturated heterocycles. The Balaban J connectivity index is -0.00000112. The lowest BCUT2D eigenvalue weighted by atomic mass is 10.0. The molecule has 9 aromatic carbocycles. The van der Waals surface area contributed by atoms with E-state index in [0.717, 1.165) is 65.3 Å². The van der Waals surface area contributed by atoms with E-state index in [1.165, 1.54) is 76.9 Å². The molecule has 106 heavy (non-hydrogen) atoms. The Kier molecular flexibility index (Phi) is 42.1. The van der Waals surface area contributed by atoms with Crippen LogP contribution < -0.4 is 0 Å². The molecule has 0 radical (unpaired) electrons. The fraction of sp³-hybridized carbons (Fsp3) is 0.299. The van der Waals surface area contributed by atoms with Crippen molar-refractivity contribution < 1.29 is 130 Å². The number of benzene rings is 9. The Hall–Kier alpha value is -9.09. The van der Waals surface area contributed by atoms with Gasteiger partial charge >= 0.3 is 12.4 Å². The summed E-state index contributed by atoms with van der Waals surface area (Å²) in [5, 5.41) is 34.8. The molecule has 0 atom stereocenters. The van der Waals surface area contributed by atoms with E-state index in [-0.39, 0.29) is 89.0 Å². The molecule has 9 rings (SSSR count). The number of hydrogen-bond donors (Lipinski definition) is 4. The van der Waals surface area contributed by atoms with Crippen molar-refractivity contribution >= 4 is 0 Å². The summed E-state index contributed by atoms with van der Waals surface area (Å²) in [5.74, 6) is -22.4. The highest BCUT2D eigenvalue weighted by atomic mass is 19.4. The van der Waals surface area contributed by atoms with Gasteiger partial charge in [-0.25, -0.2) is 79.0 Å². The molecule has 0 bridgehead atoms. The Morgan fingerprint density at radius 2 is 0.547 bits per heavy atom.